The summed E-state index contributed by atoms with van der Waals surface area (Å²) in [5.41, 5.74) is 3.28. The molecule has 0 aliphatic heterocycles. The average molecular weight is 230 g/mol. The van der Waals surface area contributed by atoms with Crippen molar-refractivity contribution in [2.24, 2.45) is 0 Å². The van der Waals surface area contributed by atoms with Crippen molar-refractivity contribution >= 4 is 23.8 Å². The molecule has 2 rings (SSSR count). The first-order chi connectivity index (χ1) is 5.27. The number of fused-ring (bicyclic) bond motifs is 1. The van der Waals surface area contributed by atoms with Gasteiger partial charge in [-0.25, -0.2) is 4.98 Å². The Balaban J connectivity index is 0.000000720. The second-order valence-electron chi connectivity index (χ2n) is 2.58. The maximum absolute atomic E-state index is 4.19. The number of rotatable bonds is 0. The van der Waals surface area contributed by atoms with Gasteiger partial charge in [0.15, 0.2) is 0 Å². The van der Waals surface area contributed by atoms with E-state index in [0.717, 1.165) is 11.0 Å². The van der Waals surface area contributed by atoms with E-state index in [2.05, 4.69) is 30.8 Å². The van der Waals surface area contributed by atoms with Crippen LogP contribution in [0.2, 0.25) is 0 Å². The molecule has 1 aromatic carbocycles. The molecule has 0 unspecified atom stereocenters. The molecule has 4 heteroatoms. The molecule has 2 aromatic rings. The molecular formula is C8H8N2SZn+2. The van der Waals surface area contributed by atoms with Crippen LogP contribution in [-0.4, -0.2) is 8.96 Å². The Labute approximate surface area is 89.3 Å². The van der Waals surface area contributed by atoms with Gasteiger partial charge in [-0.1, -0.05) is 18.9 Å². The second kappa shape index (κ2) is 3.59. The Kier molecular flexibility index (Phi) is 2.91. The minimum Gasteiger partial charge on any atom is -0.275 e. The number of thiol groups is 1. The fourth-order valence-corrected chi connectivity index (χ4v) is 1.33. The van der Waals surface area contributed by atoms with Crippen LogP contribution in [0, 0.1) is 6.92 Å². The molecule has 56 valence electrons. The summed E-state index contributed by atoms with van der Waals surface area (Å²) in [5, 5.41) is 0. The van der Waals surface area contributed by atoms with Crippen LogP contribution < -0.4 is 0 Å². The number of hydrogen-bond acceptors (Lipinski definition) is 2. The van der Waals surface area contributed by atoms with Crippen LogP contribution in [0.3, 0.4) is 0 Å². The maximum Gasteiger partial charge on any atom is 2.00 e. The molecule has 0 bridgehead atoms. The number of imidazole rings is 1. The van der Waals surface area contributed by atoms with E-state index in [4.69, 9.17) is 0 Å². The fourth-order valence-electron chi connectivity index (χ4n) is 1.11. The van der Waals surface area contributed by atoms with Gasteiger partial charge in [-0.05, 0) is 24.6 Å². The molecular weight excluding hydrogens is 222 g/mol. The number of benzene rings is 1. The standard InChI is InChI=1S/C8H8N2S.Zn/c1-6-2-3-8-7(4-6)9-5-10(8)11;/h2-5,11H,1H3;/q;+2. The van der Waals surface area contributed by atoms with Crippen LogP contribution in [-0.2, 0) is 19.5 Å². The predicted molar refractivity (Wildman–Crippen MR) is 48.9 cm³/mol. The zero-order chi connectivity index (χ0) is 7.84. The predicted octanol–water partition coefficient (Wildman–Crippen LogP) is 2.04. The Morgan fingerprint density at radius 3 is 2.92 bits per heavy atom. The maximum atomic E-state index is 4.19. The first kappa shape index (κ1) is 9.75. The van der Waals surface area contributed by atoms with E-state index in [9.17, 15) is 0 Å². The summed E-state index contributed by atoms with van der Waals surface area (Å²) >= 11 is 4.19. The van der Waals surface area contributed by atoms with Crippen molar-refractivity contribution in [2.75, 3.05) is 0 Å². The van der Waals surface area contributed by atoms with Crippen molar-refractivity contribution in [3.63, 3.8) is 0 Å². The average Bonchev–Trinajstić information content (AvgIpc) is 2.32. The molecule has 0 radical (unpaired) electrons. The molecule has 12 heavy (non-hydrogen) atoms. The summed E-state index contributed by atoms with van der Waals surface area (Å²) in [6.45, 7) is 2.05. The largest absolute Gasteiger partial charge is 2.00 e. The third-order valence-corrected chi connectivity index (χ3v) is 2.00. The van der Waals surface area contributed by atoms with E-state index < -0.39 is 0 Å². The summed E-state index contributed by atoms with van der Waals surface area (Å²) in [7, 11) is 0. The van der Waals surface area contributed by atoms with E-state index in [0.29, 0.717) is 0 Å². The molecule has 0 aliphatic rings. The van der Waals surface area contributed by atoms with E-state index in [1.54, 1.807) is 10.3 Å². The Morgan fingerprint density at radius 2 is 2.17 bits per heavy atom. The van der Waals surface area contributed by atoms with Gasteiger partial charge < -0.3 is 0 Å². The van der Waals surface area contributed by atoms with Crippen molar-refractivity contribution in [2.45, 2.75) is 6.92 Å². The van der Waals surface area contributed by atoms with Crippen LogP contribution in [0.15, 0.2) is 24.5 Å². The van der Waals surface area contributed by atoms with Crippen LogP contribution in [0.1, 0.15) is 5.56 Å². The van der Waals surface area contributed by atoms with Gasteiger partial charge in [-0.2, -0.15) is 0 Å². The molecule has 0 saturated carbocycles. The van der Waals surface area contributed by atoms with Gasteiger partial charge in [-0.15, -0.1) is 0 Å². The topological polar surface area (TPSA) is 17.8 Å². The SMILES string of the molecule is Cc1ccc2c(c1)ncn2S.[Zn+2]. The van der Waals surface area contributed by atoms with Crippen molar-refractivity contribution in [1.29, 1.82) is 0 Å². The van der Waals surface area contributed by atoms with Crippen LogP contribution >= 0.6 is 12.8 Å². The van der Waals surface area contributed by atoms with Crippen LogP contribution in [0.5, 0.6) is 0 Å². The Bertz CT molecular complexity index is 397. The third kappa shape index (κ3) is 1.55. The molecule has 0 aliphatic carbocycles. The summed E-state index contributed by atoms with van der Waals surface area (Å²) < 4.78 is 1.72. The number of aromatic nitrogens is 2. The minimum absolute atomic E-state index is 0. The summed E-state index contributed by atoms with van der Waals surface area (Å²) in [4.78, 5) is 4.17. The fraction of sp³-hybridized carbons (Fsp3) is 0.125. The summed E-state index contributed by atoms with van der Waals surface area (Å²) in [5.74, 6) is 0. The number of hydrogen-bond donors (Lipinski definition) is 1. The van der Waals surface area contributed by atoms with E-state index in [1.807, 2.05) is 12.1 Å². The molecule has 0 amide bonds. The van der Waals surface area contributed by atoms with Gasteiger partial charge in [0.25, 0.3) is 0 Å². The Hall–Kier alpha value is -0.337. The van der Waals surface area contributed by atoms with E-state index in [-0.39, 0.29) is 19.5 Å². The van der Waals surface area contributed by atoms with Crippen molar-refractivity contribution in [3.05, 3.63) is 30.1 Å². The molecule has 0 atom stereocenters. The molecule has 0 N–H and O–H groups in total. The summed E-state index contributed by atoms with van der Waals surface area (Å²) in [6, 6.07) is 6.11. The molecule has 0 saturated heterocycles. The van der Waals surface area contributed by atoms with Gasteiger partial charge in [0.05, 0.1) is 11.0 Å². The van der Waals surface area contributed by atoms with Crippen molar-refractivity contribution < 1.29 is 19.5 Å². The Morgan fingerprint density at radius 1 is 1.42 bits per heavy atom. The van der Waals surface area contributed by atoms with Crippen LogP contribution in [0.25, 0.3) is 11.0 Å². The number of nitrogens with zero attached hydrogens (tertiary/aromatic N) is 2. The molecule has 1 heterocycles. The van der Waals surface area contributed by atoms with Gasteiger partial charge >= 0.3 is 19.5 Å². The monoisotopic (exact) mass is 228 g/mol. The van der Waals surface area contributed by atoms with Gasteiger partial charge in [-0.3, -0.25) is 3.97 Å². The summed E-state index contributed by atoms with van der Waals surface area (Å²) in [6.07, 6.45) is 1.70. The third-order valence-electron chi connectivity index (χ3n) is 1.68. The van der Waals surface area contributed by atoms with Crippen molar-refractivity contribution in [3.8, 4) is 0 Å². The minimum atomic E-state index is 0. The van der Waals surface area contributed by atoms with E-state index in [1.165, 1.54) is 5.56 Å². The number of aryl methyl sites for hydroxylation is 1. The quantitative estimate of drug-likeness (QED) is 0.541. The normalized spacial score (nSPS) is 9.83. The zero-order valence-electron chi connectivity index (χ0n) is 6.86. The molecule has 0 fully saturated rings. The van der Waals surface area contributed by atoms with Gasteiger partial charge in [0.1, 0.15) is 6.33 Å². The van der Waals surface area contributed by atoms with E-state index >= 15 is 0 Å². The zero-order valence-corrected chi connectivity index (χ0v) is 10.7. The van der Waals surface area contributed by atoms with Gasteiger partial charge in [0, 0.05) is 0 Å². The smallest absolute Gasteiger partial charge is 0.275 e. The molecule has 2 nitrogen and oxygen atoms in total. The molecule has 0 spiro atoms. The first-order valence-corrected chi connectivity index (χ1v) is 3.80. The first-order valence-electron chi connectivity index (χ1n) is 3.40. The molecule has 1 aromatic heterocycles. The van der Waals surface area contributed by atoms with Crippen molar-refractivity contribution in [1.82, 2.24) is 8.96 Å². The van der Waals surface area contributed by atoms with Crippen LogP contribution in [0.4, 0.5) is 0 Å². The van der Waals surface area contributed by atoms with Gasteiger partial charge in [0.2, 0.25) is 0 Å². The second-order valence-corrected chi connectivity index (χ2v) is 3.01.